The molecule has 0 amide bonds. The summed E-state index contributed by atoms with van der Waals surface area (Å²) in [6, 6.07) is 11.7. The molecule has 1 heterocycles. The van der Waals surface area contributed by atoms with E-state index in [9.17, 15) is 0 Å². The summed E-state index contributed by atoms with van der Waals surface area (Å²) in [5.41, 5.74) is 10.2. The van der Waals surface area contributed by atoms with Crippen molar-refractivity contribution in [2.24, 2.45) is 0 Å². The molecule has 0 saturated heterocycles. The van der Waals surface area contributed by atoms with E-state index in [1.165, 1.54) is 5.56 Å². The number of aromatic nitrogens is 2. The number of nitrogen functional groups attached to an aromatic ring is 1. The molecule has 0 aliphatic rings. The van der Waals surface area contributed by atoms with Gasteiger partial charge in [-0.15, -0.1) is 0 Å². The largest absolute Gasteiger partial charge is 0.369 e. The van der Waals surface area contributed by atoms with Gasteiger partial charge in [-0.2, -0.15) is 0 Å². The van der Waals surface area contributed by atoms with E-state index in [2.05, 4.69) is 17.1 Å². The second-order valence-corrected chi connectivity index (χ2v) is 5.94. The van der Waals surface area contributed by atoms with Crippen LogP contribution in [0.1, 0.15) is 11.1 Å². The van der Waals surface area contributed by atoms with Crippen molar-refractivity contribution in [1.29, 1.82) is 0 Å². The summed E-state index contributed by atoms with van der Waals surface area (Å²) in [5, 5.41) is 1.33. The second kappa shape index (κ2) is 5.58. The molecule has 5 heteroatoms. The van der Waals surface area contributed by atoms with E-state index < -0.39 is 0 Å². The van der Waals surface area contributed by atoms with E-state index in [-0.39, 0.29) is 0 Å². The van der Waals surface area contributed by atoms with Crippen LogP contribution in [0.25, 0.3) is 11.0 Å². The van der Waals surface area contributed by atoms with Gasteiger partial charge in [0.1, 0.15) is 0 Å². The minimum absolute atomic E-state index is 0.528. The van der Waals surface area contributed by atoms with Crippen LogP contribution in [0.5, 0.6) is 0 Å². The number of hydrogen-bond donors (Lipinski definition) is 1. The Hall–Kier alpha value is -1.71. The van der Waals surface area contributed by atoms with Crippen LogP contribution in [0, 0.1) is 6.92 Å². The van der Waals surface area contributed by atoms with Crippen molar-refractivity contribution in [3.8, 4) is 0 Å². The quantitative estimate of drug-likeness (QED) is 0.773. The summed E-state index contributed by atoms with van der Waals surface area (Å²) in [6.07, 6.45) is 0.777. The van der Waals surface area contributed by atoms with Crippen molar-refractivity contribution in [2.75, 3.05) is 5.73 Å². The molecule has 2 N–H and O–H groups in total. The third kappa shape index (κ3) is 2.85. The predicted molar refractivity (Wildman–Crippen MR) is 89.0 cm³/mol. The molecular weight excluding hydrogens is 305 g/mol. The highest BCUT2D eigenvalue weighted by Gasteiger charge is 2.09. The average molecular weight is 320 g/mol. The van der Waals surface area contributed by atoms with Gasteiger partial charge >= 0.3 is 0 Å². The lowest BCUT2D eigenvalue weighted by molar-refractivity contribution is 0.726. The molecule has 1 aromatic heterocycles. The first-order chi connectivity index (χ1) is 10.0. The van der Waals surface area contributed by atoms with E-state index in [4.69, 9.17) is 28.9 Å². The Kier molecular flexibility index (Phi) is 3.79. The normalized spacial score (nSPS) is 11.2. The maximum atomic E-state index is 6.21. The number of rotatable bonds is 3. The highest BCUT2D eigenvalue weighted by molar-refractivity contribution is 6.35. The molecule has 2 aromatic carbocycles. The summed E-state index contributed by atoms with van der Waals surface area (Å²) in [7, 11) is 0. The molecule has 0 radical (unpaired) electrons. The number of nitrogens with zero attached hydrogens (tertiary/aromatic N) is 2. The molecule has 0 aliphatic carbocycles. The Labute approximate surface area is 133 Å². The van der Waals surface area contributed by atoms with Gasteiger partial charge in [0.2, 0.25) is 5.95 Å². The molecule has 21 heavy (non-hydrogen) atoms. The minimum atomic E-state index is 0.528. The first kappa shape index (κ1) is 14.2. The number of anilines is 1. The summed E-state index contributed by atoms with van der Waals surface area (Å²) in [5.74, 6) is 0.528. The SMILES string of the molecule is Cc1ccc2c(c1)nc(N)n2CCc1ccc(Cl)cc1Cl. The van der Waals surface area contributed by atoms with Crippen molar-refractivity contribution >= 4 is 40.2 Å². The van der Waals surface area contributed by atoms with E-state index >= 15 is 0 Å². The van der Waals surface area contributed by atoms with Gasteiger partial charge in [0.15, 0.2) is 0 Å². The zero-order valence-corrected chi connectivity index (χ0v) is 13.1. The van der Waals surface area contributed by atoms with Gasteiger partial charge in [0.05, 0.1) is 11.0 Å². The number of imidazole rings is 1. The highest BCUT2D eigenvalue weighted by atomic mass is 35.5. The molecule has 0 aliphatic heterocycles. The predicted octanol–water partition coefficient (Wildman–Crippen LogP) is 4.48. The zero-order chi connectivity index (χ0) is 15.0. The Morgan fingerprint density at radius 1 is 1.14 bits per heavy atom. The second-order valence-electron chi connectivity index (χ2n) is 5.10. The third-order valence-corrected chi connectivity index (χ3v) is 4.14. The first-order valence-corrected chi connectivity index (χ1v) is 7.46. The molecule has 3 nitrogen and oxygen atoms in total. The van der Waals surface area contributed by atoms with Crippen molar-refractivity contribution in [3.05, 3.63) is 57.6 Å². The molecule has 0 fully saturated rings. The van der Waals surface area contributed by atoms with Gasteiger partial charge in [-0.05, 0) is 48.7 Å². The van der Waals surface area contributed by atoms with Gasteiger partial charge < -0.3 is 10.3 Å². The first-order valence-electron chi connectivity index (χ1n) is 6.71. The van der Waals surface area contributed by atoms with E-state index in [1.54, 1.807) is 6.07 Å². The zero-order valence-electron chi connectivity index (χ0n) is 11.6. The fourth-order valence-corrected chi connectivity index (χ4v) is 2.95. The van der Waals surface area contributed by atoms with Crippen LogP contribution < -0.4 is 5.73 Å². The molecule has 3 aromatic rings. The van der Waals surface area contributed by atoms with Crippen LogP contribution in [0.4, 0.5) is 5.95 Å². The van der Waals surface area contributed by atoms with Crippen molar-refractivity contribution in [2.45, 2.75) is 19.9 Å². The van der Waals surface area contributed by atoms with Gasteiger partial charge in [-0.25, -0.2) is 4.98 Å². The van der Waals surface area contributed by atoms with Crippen molar-refractivity contribution < 1.29 is 0 Å². The van der Waals surface area contributed by atoms with Gasteiger partial charge in [-0.3, -0.25) is 0 Å². The number of hydrogen-bond acceptors (Lipinski definition) is 2. The van der Waals surface area contributed by atoms with Crippen LogP contribution in [0.2, 0.25) is 10.0 Å². The van der Waals surface area contributed by atoms with Gasteiger partial charge in [0, 0.05) is 16.6 Å². The molecule has 0 atom stereocenters. The van der Waals surface area contributed by atoms with Crippen molar-refractivity contribution in [1.82, 2.24) is 9.55 Å². The van der Waals surface area contributed by atoms with E-state index in [0.717, 1.165) is 29.6 Å². The van der Waals surface area contributed by atoms with Crippen LogP contribution in [-0.4, -0.2) is 9.55 Å². The molecule has 3 rings (SSSR count). The van der Waals surface area contributed by atoms with Crippen molar-refractivity contribution in [3.63, 3.8) is 0 Å². The lowest BCUT2D eigenvalue weighted by Gasteiger charge is -2.08. The maximum Gasteiger partial charge on any atom is 0.201 e. The Morgan fingerprint density at radius 2 is 1.95 bits per heavy atom. The standard InChI is InChI=1S/C16H15Cl2N3/c1-10-2-5-15-14(8-10)20-16(19)21(15)7-6-11-3-4-12(17)9-13(11)18/h2-5,8-9H,6-7H2,1H3,(H2,19,20). The lowest BCUT2D eigenvalue weighted by atomic mass is 10.1. The van der Waals surface area contributed by atoms with Crippen LogP contribution in [0.3, 0.4) is 0 Å². The van der Waals surface area contributed by atoms with Crippen LogP contribution in [0.15, 0.2) is 36.4 Å². The number of halogens is 2. The fraction of sp³-hybridized carbons (Fsp3) is 0.188. The third-order valence-electron chi connectivity index (χ3n) is 3.55. The monoisotopic (exact) mass is 319 g/mol. The average Bonchev–Trinajstić information content (AvgIpc) is 2.72. The van der Waals surface area contributed by atoms with Crippen LogP contribution in [-0.2, 0) is 13.0 Å². The summed E-state index contributed by atoms with van der Waals surface area (Å²) < 4.78 is 2.01. The fourth-order valence-electron chi connectivity index (χ4n) is 2.45. The maximum absolute atomic E-state index is 6.21. The molecule has 0 saturated carbocycles. The van der Waals surface area contributed by atoms with E-state index in [0.29, 0.717) is 16.0 Å². The number of aryl methyl sites for hydroxylation is 3. The van der Waals surface area contributed by atoms with E-state index in [1.807, 2.05) is 29.7 Å². The number of benzene rings is 2. The lowest BCUT2D eigenvalue weighted by Crippen LogP contribution is -2.06. The Balaban J connectivity index is 1.90. The summed E-state index contributed by atoms with van der Waals surface area (Å²) >= 11 is 12.1. The topological polar surface area (TPSA) is 43.8 Å². The van der Waals surface area contributed by atoms with Gasteiger partial charge in [-0.1, -0.05) is 35.3 Å². The molecule has 0 spiro atoms. The van der Waals surface area contributed by atoms with Crippen LogP contribution >= 0.6 is 23.2 Å². The number of nitrogens with two attached hydrogens (primary N) is 1. The summed E-state index contributed by atoms with van der Waals surface area (Å²) in [6.45, 7) is 2.77. The molecule has 0 bridgehead atoms. The van der Waals surface area contributed by atoms with Gasteiger partial charge in [0.25, 0.3) is 0 Å². The molecular formula is C16H15Cl2N3. The smallest absolute Gasteiger partial charge is 0.201 e. The highest BCUT2D eigenvalue weighted by Crippen LogP contribution is 2.24. The summed E-state index contributed by atoms with van der Waals surface area (Å²) in [4.78, 5) is 4.41. The minimum Gasteiger partial charge on any atom is -0.369 e. The molecule has 108 valence electrons. The molecule has 0 unspecified atom stereocenters. The Morgan fingerprint density at radius 3 is 2.71 bits per heavy atom. The Bertz CT molecular complexity index is 809. The number of fused-ring (bicyclic) bond motifs is 1.